The summed E-state index contributed by atoms with van der Waals surface area (Å²) in [6, 6.07) is 0.245. The molecule has 4 atom stereocenters. The van der Waals surface area contributed by atoms with E-state index < -0.39 is 0 Å². The zero-order valence-corrected chi connectivity index (χ0v) is 8.07. The van der Waals surface area contributed by atoms with Gasteiger partial charge in [-0.3, -0.25) is 0 Å². The van der Waals surface area contributed by atoms with Gasteiger partial charge in [-0.05, 0) is 29.7 Å². The third kappa shape index (κ3) is 1.56. The summed E-state index contributed by atoms with van der Waals surface area (Å²) in [5.74, 6) is 2.03. The van der Waals surface area contributed by atoms with Crippen molar-refractivity contribution in [2.24, 2.45) is 22.9 Å². The molecule has 2 unspecified atom stereocenters. The van der Waals surface area contributed by atoms with Crippen LogP contribution >= 0.6 is 0 Å². The highest BCUT2D eigenvalue weighted by molar-refractivity contribution is 4.90. The van der Waals surface area contributed by atoms with Crippen LogP contribution in [0, 0.1) is 17.8 Å². The molecule has 68 valence electrons. The van der Waals surface area contributed by atoms with Crippen molar-refractivity contribution in [2.45, 2.75) is 39.7 Å². The van der Waals surface area contributed by atoms with Crippen molar-refractivity contribution >= 4 is 0 Å². The van der Waals surface area contributed by atoms with Gasteiger partial charge in [0.2, 0.25) is 0 Å². The summed E-state index contributed by atoms with van der Waals surface area (Å²) < 4.78 is 0. The van der Waals surface area contributed by atoms with Crippen molar-refractivity contribution < 1.29 is 0 Å². The minimum atomic E-state index is 0.245. The molecule has 0 radical (unpaired) electrons. The van der Waals surface area contributed by atoms with Gasteiger partial charge in [0, 0.05) is 11.0 Å². The molecule has 0 aromatic heterocycles. The molecule has 0 saturated heterocycles. The number of nitrogens with zero attached hydrogens (tertiary/aromatic N) is 3. The lowest BCUT2D eigenvalue weighted by molar-refractivity contribution is 0.344. The van der Waals surface area contributed by atoms with Crippen LogP contribution in [0.3, 0.4) is 0 Å². The van der Waals surface area contributed by atoms with E-state index in [0.717, 1.165) is 12.3 Å². The summed E-state index contributed by atoms with van der Waals surface area (Å²) in [5.41, 5.74) is 8.35. The van der Waals surface area contributed by atoms with Gasteiger partial charge in [0.1, 0.15) is 0 Å². The molecule has 0 bridgehead atoms. The first kappa shape index (κ1) is 9.40. The van der Waals surface area contributed by atoms with Crippen molar-refractivity contribution in [3.05, 3.63) is 10.4 Å². The summed E-state index contributed by atoms with van der Waals surface area (Å²) in [6.45, 7) is 6.68. The van der Waals surface area contributed by atoms with Gasteiger partial charge in [-0.15, -0.1) is 0 Å². The van der Waals surface area contributed by atoms with Gasteiger partial charge >= 0.3 is 0 Å². The van der Waals surface area contributed by atoms with E-state index >= 15 is 0 Å². The lowest BCUT2D eigenvalue weighted by Crippen LogP contribution is -2.12. The Labute approximate surface area is 73.8 Å². The molecule has 3 nitrogen and oxygen atoms in total. The normalized spacial score (nSPS) is 40.9. The first-order valence-electron chi connectivity index (χ1n) is 4.74. The third-order valence-corrected chi connectivity index (χ3v) is 3.45. The SMILES string of the molecule is CC[C@H]1C[C@H](N=[N+]=[N-])C(C)C1C. The fourth-order valence-electron chi connectivity index (χ4n) is 2.28. The predicted molar refractivity (Wildman–Crippen MR) is 49.7 cm³/mol. The van der Waals surface area contributed by atoms with Gasteiger partial charge in [0.25, 0.3) is 0 Å². The molecule has 1 aliphatic carbocycles. The van der Waals surface area contributed by atoms with Crippen LogP contribution in [0.2, 0.25) is 0 Å². The average molecular weight is 167 g/mol. The largest absolute Gasteiger partial charge is 0.0903 e. The van der Waals surface area contributed by atoms with E-state index in [1.54, 1.807) is 0 Å². The van der Waals surface area contributed by atoms with Gasteiger partial charge in [-0.1, -0.05) is 32.3 Å². The molecule has 0 spiro atoms. The molecule has 12 heavy (non-hydrogen) atoms. The van der Waals surface area contributed by atoms with Crippen molar-refractivity contribution in [2.75, 3.05) is 0 Å². The topological polar surface area (TPSA) is 48.8 Å². The smallest absolute Gasteiger partial charge is 0.0405 e. The Bertz CT molecular complexity index is 196. The molecule has 1 fully saturated rings. The molecular formula is C9H17N3. The van der Waals surface area contributed by atoms with Gasteiger partial charge in [-0.2, -0.15) is 0 Å². The standard InChI is InChI=1S/C9H17N3/c1-4-8-5-9(11-12-10)7(3)6(8)2/h6-9H,4-5H2,1-3H3/t6?,7?,8-,9-/m0/s1. The summed E-state index contributed by atoms with van der Waals surface area (Å²) >= 11 is 0. The molecule has 0 heterocycles. The van der Waals surface area contributed by atoms with E-state index in [1.165, 1.54) is 6.42 Å². The molecule has 1 rings (SSSR count). The molecule has 0 aliphatic heterocycles. The molecule has 0 N–H and O–H groups in total. The summed E-state index contributed by atoms with van der Waals surface area (Å²) in [7, 11) is 0. The first-order chi connectivity index (χ1) is 5.70. The predicted octanol–water partition coefficient (Wildman–Crippen LogP) is 3.37. The second-order valence-electron chi connectivity index (χ2n) is 3.89. The lowest BCUT2D eigenvalue weighted by Gasteiger charge is -2.16. The number of hydrogen-bond donors (Lipinski definition) is 0. The van der Waals surface area contributed by atoms with Crippen LogP contribution < -0.4 is 0 Å². The quantitative estimate of drug-likeness (QED) is 0.344. The van der Waals surface area contributed by atoms with Crippen LogP contribution in [-0.4, -0.2) is 6.04 Å². The maximum absolute atomic E-state index is 8.35. The molecule has 0 aromatic rings. The van der Waals surface area contributed by atoms with E-state index in [2.05, 4.69) is 30.8 Å². The molecule has 0 amide bonds. The van der Waals surface area contributed by atoms with Gasteiger partial charge in [-0.25, -0.2) is 0 Å². The van der Waals surface area contributed by atoms with Crippen LogP contribution in [-0.2, 0) is 0 Å². The maximum Gasteiger partial charge on any atom is 0.0405 e. The Hall–Kier alpha value is -0.690. The second-order valence-corrected chi connectivity index (χ2v) is 3.89. The van der Waals surface area contributed by atoms with Gasteiger partial charge in [0.05, 0.1) is 0 Å². The van der Waals surface area contributed by atoms with Gasteiger partial charge in [0.15, 0.2) is 0 Å². The fraction of sp³-hybridized carbons (Fsp3) is 1.00. The highest BCUT2D eigenvalue weighted by atomic mass is 15.2. The Kier molecular flexibility index (Phi) is 2.99. The zero-order chi connectivity index (χ0) is 9.14. The number of rotatable bonds is 2. The Morgan fingerprint density at radius 3 is 2.50 bits per heavy atom. The maximum atomic E-state index is 8.35. The molecule has 1 aliphatic rings. The molecule has 3 heteroatoms. The second kappa shape index (κ2) is 3.81. The first-order valence-corrected chi connectivity index (χ1v) is 4.74. The summed E-state index contributed by atoms with van der Waals surface area (Å²) in [4.78, 5) is 2.90. The average Bonchev–Trinajstić information content (AvgIpc) is 2.33. The molecular weight excluding hydrogens is 150 g/mol. The summed E-state index contributed by atoms with van der Waals surface area (Å²) in [5, 5.41) is 3.83. The van der Waals surface area contributed by atoms with Crippen molar-refractivity contribution in [3.63, 3.8) is 0 Å². The Morgan fingerprint density at radius 1 is 1.42 bits per heavy atom. The van der Waals surface area contributed by atoms with Crippen LogP contribution in [0.25, 0.3) is 10.4 Å². The minimum absolute atomic E-state index is 0.245. The van der Waals surface area contributed by atoms with Gasteiger partial charge < -0.3 is 0 Å². The number of azide groups is 1. The van der Waals surface area contributed by atoms with E-state index in [-0.39, 0.29) is 6.04 Å². The fourth-order valence-corrected chi connectivity index (χ4v) is 2.28. The highest BCUT2D eigenvalue weighted by Crippen LogP contribution is 2.40. The van der Waals surface area contributed by atoms with E-state index in [4.69, 9.17) is 5.53 Å². The van der Waals surface area contributed by atoms with Crippen LogP contribution in [0.4, 0.5) is 0 Å². The number of hydrogen-bond acceptors (Lipinski definition) is 1. The van der Waals surface area contributed by atoms with Crippen LogP contribution in [0.1, 0.15) is 33.6 Å². The molecule has 0 aromatic carbocycles. The van der Waals surface area contributed by atoms with Crippen molar-refractivity contribution in [1.82, 2.24) is 0 Å². The summed E-state index contributed by atoms with van der Waals surface area (Å²) in [6.07, 6.45) is 2.30. The monoisotopic (exact) mass is 167 g/mol. The Balaban J connectivity index is 2.66. The highest BCUT2D eigenvalue weighted by Gasteiger charge is 2.35. The van der Waals surface area contributed by atoms with Crippen LogP contribution in [0.15, 0.2) is 5.11 Å². The van der Waals surface area contributed by atoms with E-state index in [1.807, 2.05) is 0 Å². The van der Waals surface area contributed by atoms with Crippen molar-refractivity contribution in [1.29, 1.82) is 0 Å². The minimum Gasteiger partial charge on any atom is -0.0903 e. The van der Waals surface area contributed by atoms with E-state index in [9.17, 15) is 0 Å². The lowest BCUT2D eigenvalue weighted by atomic mass is 9.90. The third-order valence-electron chi connectivity index (χ3n) is 3.45. The zero-order valence-electron chi connectivity index (χ0n) is 8.07. The van der Waals surface area contributed by atoms with E-state index in [0.29, 0.717) is 11.8 Å². The molecule has 1 saturated carbocycles. The van der Waals surface area contributed by atoms with Crippen LogP contribution in [0.5, 0.6) is 0 Å². The Morgan fingerprint density at radius 2 is 2.08 bits per heavy atom. The van der Waals surface area contributed by atoms with Crippen molar-refractivity contribution in [3.8, 4) is 0 Å².